The Morgan fingerprint density at radius 3 is 2.76 bits per heavy atom. The number of aryl methyl sites for hydroxylation is 2. The van der Waals surface area contributed by atoms with Crippen LogP contribution in [-0.4, -0.2) is 10.1 Å². The molecule has 0 radical (unpaired) electrons. The van der Waals surface area contributed by atoms with E-state index in [4.69, 9.17) is 16.0 Å². The number of oxazole rings is 1. The monoisotopic (exact) mass is 269 g/mol. The first-order chi connectivity index (χ1) is 8.10. The van der Waals surface area contributed by atoms with Gasteiger partial charge in [-0.2, -0.15) is 0 Å². The number of rotatable bonds is 3. The third-order valence-corrected chi connectivity index (χ3v) is 3.59. The summed E-state index contributed by atoms with van der Waals surface area (Å²) >= 11 is 7.30. The predicted octanol–water partition coefficient (Wildman–Crippen LogP) is 3.59. The first-order valence-electron chi connectivity index (χ1n) is 5.11. The fourth-order valence-corrected chi connectivity index (χ4v) is 2.56. The molecule has 0 aliphatic heterocycles. The van der Waals surface area contributed by atoms with Crippen molar-refractivity contribution in [3.8, 4) is 0 Å². The van der Waals surface area contributed by atoms with Crippen LogP contribution in [0.1, 0.15) is 17.0 Å². The SMILES string of the molecule is Cc1nc(Sc2cc(Cl)ccc2CO)oc1C. The lowest BCUT2D eigenvalue weighted by Gasteiger charge is -2.04. The van der Waals surface area contributed by atoms with Gasteiger partial charge in [0.25, 0.3) is 5.22 Å². The second-order valence-corrected chi connectivity index (χ2v) is 5.06. The summed E-state index contributed by atoms with van der Waals surface area (Å²) in [4.78, 5) is 5.14. The summed E-state index contributed by atoms with van der Waals surface area (Å²) in [5.74, 6) is 0.806. The van der Waals surface area contributed by atoms with E-state index in [0.717, 1.165) is 21.9 Å². The van der Waals surface area contributed by atoms with E-state index in [9.17, 15) is 5.11 Å². The molecule has 2 aromatic rings. The van der Waals surface area contributed by atoms with Crippen LogP contribution in [0.4, 0.5) is 0 Å². The van der Waals surface area contributed by atoms with Crippen molar-refractivity contribution in [3.05, 3.63) is 40.2 Å². The highest BCUT2D eigenvalue weighted by Gasteiger charge is 2.10. The van der Waals surface area contributed by atoms with Crippen molar-refractivity contribution < 1.29 is 9.52 Å². The Kier molecular flexibility index (Phi) is 3.76. The van der Waals surface area contributed by atoms with Gasteiger partial charge >= 0.3 is 0 Å². The smallest absolute Gasteiger partial charge is 0.261 e. The van der Waals surface area contributed by atoms with Gasteiger partial charge in [0.15, 0.2) is 0 Å². The average molecular weight is 270 g/mol. The van der Waals surface area contributed by atoms with Gasteiger partial charge in [-0.05, 0) is 43.3 Å². The fourth-order valence-electron chi connectivity index (χ4n) is 1.34. The Morgan fingerprint density at radius 1 is 1.41 bits per heavy atom. The average Bonchev–Trinajstić information content (AvgIpc) is 2.58. The minimum atomic E-state index is -0.0296. The molecule has 1 aromatic carbocycles. The molecule has 1 N–H and O–H groups in total. The minimum Gasteiger partial charge on any atom is -0.436 e. The van der Waals surface area contributed by atoms with Gasteiger partial charge < -0.3 is 9.52 Å². The zero-order valence-electron chi connectivity index (χ0n) is 9.53. The van der Waals surface area contributed by atoms with Gasteiger partial charge in [-0.15, -0.1) is 0 Å². The number of aliphatic hydroxyl groups is 1. The predicted molar refractivity (Wildman–Crippen MR) is 67.5 cm³/mol. The third kappa shape index (κ3) is 2.83. The van der Waals surface area contributed by atoms with Gasteiger partial charge in [-0.3, -0.25) is 0 Å². The van der Waals surface area contributed by atoms with Gasteiger partial charge in [0.1, 0.15) is 5.76 Å². The van der Waals surface area contributed by atoms with E-state index in [1.165, 1.54) is 11.8 Å². The van der Waals surface area contributed by atoms with E-state index in [1.807, 2.05) is 13.8 Å². The van der Waals surface area contributed by atoms with Crippen LogP contribution in [0.3, 0.4) is 0 Å². The Balaban J connectivity index is 2.31. The fraction of sp³-hybridized carbons (Fsp3) is 0.250. The van der Waals surface area contributed by atoms with E-state index in [2.05, 4.69) is 4.98 Å². The number of halogens is 1. The summed E-state index contributed by atoms with van der Waals surface area (Å²) < 4.78 is 5.48. The molecule has 0 spiro atoms. The zero-order chi connectivity index (χ0) is 12.4. The summed E-state index contributed by atoms with van der Waals surface area (Å²) in [6, 6.07) is 5.35. The van der Waals surface area contributed by atoms with Crippen LogP contribution in [0.15, 0.2) is 32.7 Å². The zero-order valence-corrected chi connectivity index (χ0v) is 11.1. The van der Waals surface area contributed by atoms with E-state index in [1.54, 1.807) is 18.2 Å². The molecule has 0 unspecified atom stereocenters. The molecule has 0 amide bonds. The van der Waals surface area contributed by atoms with Crippen LogP contribution < -0.4 is 0 Å². The molecule has 2 rings (SSSR count). The molecule has 5 heteroatoms. The van der Waals surface area contributed by atoms with Crippen molar-refractivity contribution in [2.24, 2.45) is 0 Å². The highest BCUT2D eigenvalue weighted by Crippen LogP contribution is 2.32. The summed E-state index contributed by atoms with van der Waals surface area (Å²) in [5, 5.41) is 10.4. The van der Waals surface area contributed by atoms with Crippen molar-refractivity contribution in [2.45, 2.75) is 30.6 Å². The Hall–Kier alpha value is -0.970. The van der Waals surface area contributed by atoms with Crippen LogP contribution in [-0.2, 0) is 6.61 Å². The molecule has 90 valence electrons. The number of nitrogens with zero attached hydrogens (tertiary/aromatic N) is 1. The highest BCUT2D eigenvalue weighted by atomic mass is 35.5. The maximum absolute atomic E-state index is 9.24. The second-order valence-electron chi connectivity index (χ2n) is 3.63. The van der Waals surface area contributed by atoms with Crippen LogP contribution in [0.2, 0.25) is 5.02 Å². The van der Waals surface area contributed by atoms with Crippen LogP contribution in [0, 0.1) is 13.8 Å². The molecule has 0 bridgehead atoms. The number of aromatic nitrogens is 1. The highest BCUT2D eigenvalue weighted by molar-refractivity contribution is 7.99. The number of hydrogen-bond donors (Lipinski definition) is 1. The van der Waals surface area contributed by atoms with Crippen molar-refractivity contribution in [1.82, 2.24) is 4.98 Å². The Bertz CT molecular complexity index is 520. The number of hydrogen-bond acceptors (Lipinski definition) is 4. The molecule has 1 aromatic heterocycles. The molecular weight excluding hydrogens is 258 g/mol. The first-order valence-corrected chi connectivity index (χ1v) is 6.30. The first kappa shape index (κ1) is 12.5. The topological polar surface area (TPSA) is 46.3 Å². The molecule has 0 atom stereocenters. The Morgan fingerprint density at radius 2 is 2.18 bits per heavy atom. The van der Waals surface area contributed by atoms with Gasteiger partial charge in [-0.25, -0.2) is 4.98 Å². The lowest BCUT2D eigenvalue weighted by atomic mass is 10.2. The maximum atomic E-state index is 9.24. The second kappa shape index (κ2) is 5.12. The van der Waals surface area contributed by atoms with E-state index in [-0.39, 0.29) is 6.61 Å². The number of aliphatic hydroxyl groups excluding tert-OH is 1. The summed E-state index contributed by atoms with van der Waals surface area (Å²) in [5.41, 5.74) is 1.69. The molecule has 1 heterocycles. The lowest BCUT2D eigenvalue weighted by molar-refractivity contribution is 0.279. The van der Waals surface area contributed by atoms with Crippen LogP contribution >= 0.6 is 23.4 Å². The van der Waals surface area contributed by atoms with Gasteiger partial charge in [0.2, 0.25) is 0 Å². The molecule has 0 saturated heterocycles. The van der Waals surface area contributed by atoms with Crippen molar-refractivity contribution in [2.75, 3.05) is 0 Å². The quantitative estimate of drug-likeness (QED) is 0.925. The molecule has 0 aliphatic carbocycles. The molecular formula is C12H12ClNO2S. The van der Waals surface area contributed by atoms with Crippen LogP contribution in [0.5, 0.6) is 0 Å². The lowest BCUT2D eigenvalue weighted by Crippen LogP contribution is -1.87. The summed E-state index contributed by atoms with van der Waals surface area (Å²) in [6.45, 7) is 3.74. The standard InChI is InChI=1S/C12H12ClNO2S/c1-7-8(2)16-12(14-7)17-11-5-10(13)4-3-9(11)6-15/h3-5,15H,6H2,1-2H3. The van der Waals surface area contributed by atoms with Crippen LogP contribution in [0.25, 0.3) is 0 Å². The van der Waals surface area contributed by atoms with E-state index in [0.29, 0.717) is 10.2 Å². The van der Waals surface area contributed by atoms with Crippen molar-refractivity contribution in [1.29, 1.82) is 0 Å². The third-order valence-electron chi connectivity index (χ3n) is 2.41. The van der Waals surface area contributed by atoms with Gasteiger partial charge in [0.05, 0.1) is 12.3 Å². The largest absolute Gasteiger partial charge is 0.436 e. The Labute approximate surface area is 109 Å². The van der Waals surface area contributed by atoms with Crippen molar-refractivity contribution in [3.63, 3.8) is 0 Å². The summed E-state index contributed by atoms with van der Waals surface area (Å²) in [6.07, 6.45) is 0. The minimum absolute atomic E-state index is 0.0296. The molecule has 0 saturated carbocycles. The van der Waals surface area contributed by atoms with E-state index < -0.39 is 0 Å². The van der Waals surface area contributed by atoms with Crippen molar-refractivity contribution >= 4 is 23.4 Å². The molecule has 0 aliphatic rings. The normalized spacial score (nSPS) is 10.8. The number of benzene rings is 1. The van der Waals surface area contributed by atoms with E-state index >= 15 is 0 Å². The summed E-state index contributed by atoms with van der Waals surface area (Å²) in [7, 11) is 0. The maximum Gasteiger partial charge on any atom is 0.261 e. The van der Waals surface area contributed by atoms with Gasteiger partial charge in [0, 0.05) is 9.92 Å². The molecule has 0 fully saturated rings. The molecule has 3 nitrogen and oxygen atoms in total. The van der Waals surface area contributed by atoms with Gasteiger partial charge in [-0.1, -0.05) is 17.7 Å². The molecule has 17 heavy (non-hydrogen) atoms.